The Hall–Kier alpha value is -8.28. The summed E-state index contributed by atoms with van der Waals surface area (Å²) in [6.45, 7) is 11.4. The van der Waals surface area contributed by atoms with Crippen LogP contribution < -0.4 is 16.2 Å². The minimum Gasteiger partial charge on any atom is -0.508 e. The topological polar surface area (TPSA) is 374 Å². The molecular weight excluding hydrogens is 1450 g/mol. The molecule has 5 heterocycles. The number of benzene rings is 1. The molecule has 3 N–H and O–H groups in total. The maximum atomic E-state index is 14.2. The molecule has 8 rings (SSSR count). The predicted octanol–water partition coefficient (Wildman–Crippen LogP) is 6.89. The number of aromatic nitrogens is 5. The van der Waals surface area contributed by atoms with Crippen LogP contribution in [0.2, 0.25) is 0 Å². The summed E-state index contributed by atoms with van der Waals surface area (Å²) in [5.41, 5.74) is 1.42. The Morgan fingerprint density at radius 1 is 0.727 bits per heavy atom. The molecule has 3 aromatic heterocycles. The van der Waals surface area contributed by atoms with Gasteiger partial charge in [-0.1, -0.05) is 39.3 Å². The highest BCUT2D eigenvalue weighted by Gasteiger charge is 2.51. The van der Waals surface area contributed by atoms with Crippen LogP contribution >= 0.6 is 0 Å². The summed E-state index contributed by atoms with van der Waals surface area (Å²) >= 11 is 0. The predicted molar refractivity (Wildman–Crippen MR) is 386 cm³/mol. The number of allylic oxidation sites excluding steroid dienone is 2. The number of rotatable bonds is 53. The van der Waals surface area contributed by atoms with Crippen LogP contribution in [0.5, 0.6) is 5.75 Å². The number of pyridine rings is 2. The zero-order chi connectivity index (χ0) is 79.0. The Bertz CT molecular complexity index is 3820. The summed E-state index contributed by atoms with van der Waals surface area (Å²) in [7, 11) is 0. The van der Waals surface area contributed by atoms with Crippen LogP contribution in [-0.4, -0.2) is 227 Å². The van der Waals surface area contributed by atoms with Crippen LogP contribution in [0.1, 0.15) is 139 Å². The molecule has 0 spiro atoms. The van der Waals surface area contributed by atoms with E-state index in [-0.39, 0.29) is 104 Å². The number of carbonyl (C=O) groups excluding carboxylic acids is 9. The number of carbonyl (C=O) groups is 9. The van der Waals surface area contributed by atoms with E-state index < -0.39 is 104 Å². The second kappa shape index (κ2) is 44.7. The van der Waals surface area contributed by atoms with E-state index in [1.165, 1.54) is 22.8 Å². The first kappa shape index (κ1) is 87.3. The molecule has 0 radical (unpaired) electrons. The number of aromatic hydroxyl groups is 1. The van der Waals surface area contributed by atoms with Crippen molar-refractivity contribution < 1.29 is 118 Å². The lowest BCUT2D eigenvalue weighted by molar-refractivity contribution is -0.175. The molecule has 1 fully saturated rings. The van der Waals surface area contributed by atoms with Crippen molar-refractivity contribution in [2.75, 3.05) is 132 Å². The van der Waals surface area contributed by atoms with Crippen molar-refractivity contribution in [1.29, 1.82) is 0 Å². The van der Waals surface area contributed by atoms with Crippen LogP contribution in [-0.2, 0) is 133 Å². The third-order valence-electron chi connectivity index (χ3n) is 19.8. The molecule has 2 amide bonds. The van der Waals surface area contributed by atoms with Gasteiger partial charge in [0.1, 0.15) is 38.0 Å². The van der Waals surface area contributed by atoms with Crippen molar-refractivity contribution in [3.63, 3.8) is 0 Å². The normalized spacial score (nSPS) is 17.4. The van der Waals surface area contributed by atoms with Crippen LogP contribution in [0.25, 0.3) is 22.3 Å². The number of ether oxygens (including phenoxy) is 12. The Labute approximate surface area is 636 Å². The number of fused-ring (bicyclic) bond motifs is 5. The average molecular weight is 1550 g/mol. The molecule has 4 aromatic rings. The number of nitrogens with zero attached hydrogens (tertiary/aromatic N) is 5. The number of ketones is 5. The first-order valence-electron chi connectivity index (χ1n) is 38.0. The van der Waals surface area contributed by atoms with Crippen molar-refractivity contribution in [3.8, 4) is 17.1 Å². The quantitative estimate of drug-likeness (QED) is 0.0203. The van der Waals surface area contributed by atoms with Gasteiger partial charge in [-0.2, -0.15) is 13.2 Å². The molecule has 4 aliphatic rings. The van der Waals surface area contributed by atoms with E-state index >= 15 is 0 Å². The molecule has 0 saturated heterocycles. The highest BCUT2D eigenvalue weighted by Crippen LogP contribution is 2.43. The molecule has 30 nitrogen and oxygen atoms in total. The number of phenols is 1. The van der Waals surface area contributed by atoms with Gasteiger partial charge >= 0.3 is 24.2 Å². The number of amides is 2. The van der Waals surface area contributed by atoms with Crippen molar-refractivity contribution in [3.05, 3.63) is 80.9 Å². The molecule has 1 saturated carbocycles. The molecule has 606 valence electrons. The number of hydrogen-bond acceptors (Lipinski definition) is 26. The summed E-state index contributed by atoms with van der Waals surface area (Å²) in [6.07, 6.45) is 3.52. The van der Waals surface area contributed by atoms with E-state index in [2.05, 4.69) is 15.6 Å². The molecule has 1 aromatic carbocycles. The van der Waals surface area contributed by atoms with Gasteiger partial charge in [0.15, 0.2) is 23.1 Å². The third kappa shape index (κ3) is 26.4. The van der Waals surface area contributed by atoms with E-state index in [0.717, 1.165) is 47.9 Å². The second-order valence-corrected chi connectivity index (χ2v) is 27.9. The van der Waals surface area contributed by atoms with E-state index in [0.29, 0.717) is 154 Å². The molecule has 2 aliphatic carbocycles. The molecule has 2 aliphatic heterocycles. The Balaban J connectivity index is 0.611. The lowest BCUT2D eigenvalue weighted by Gasteiger charge is -2.35. The number of cyclic esters (lactones) is 1. The molecule has 3 atom stereocenters. The summed E-state index contributed by atoms with van der Waals surface area (Å²) < 4.78 is 109. The number of hydrogen-bond donors (Lipinski definition) is 3. The van der Waals surface area contributed by atoms with Gasteiger partial charge in [0.25, 0.3) is 5.56 Å². The van der Waals surface area contributed by atoms with Crippen molar-refractivity contribution in [2.24, 2.45) is 29.6 Å². The van der Waals surface area contributed by atoms with E-state index in [4.69, 9.17) is 61.8 Å². The standard InChI is InChI=1S/C77H104F3N7O23/c1-5-58-59-42-55(88)17-18-64(59)82-70-61(58)45-87-66(70)43-63-62(72(87)95)48-108-74(97)76(63,6-2)110-75(98)109-49-65(50(3)4)83-71(94)53(10-7-8-22-81-73(96)77(78,79)80)41-57(90)47-107-46-56(89)11-9-24-99-26-28-101-30-32-103-34-36-105-38-39-106-37-35-104-33-31-102-29-27-100-25-23-86-44-54(84-85-86)16-19-67(91)52-14-12-51(13-15-52)40-60-68(92)20-21-69(60)93/h17-18,20-21,42-44,50-53,60,65,88H,5-16,19,22-41,45-49H2,1-4H3,(H,81,96)(H,83,94). The number of aryl methyl sites for hydroxylation is 2. The molecule has 110 heavy (non-hydrogen) atoms. The van der Waals surface area contributed by atoms with Crippen molar-refractivity contribution >= 4 is 63.8 Å². The molecule has 33 heteroatoms. The monoisotopic (exact) mass is 1550 g/mol. The Morgan fingerprint density at radius 2 is 1.34 bits per heavy atom. The fourth-order valence-corrected chi connectivity index (χ4v) is 13.6. The van der Waals surface area contributed by atoms with Gasteiger partial charge in [0.05, 0.1) is 152 Å². The number of Topliss-reactive ketones (excluding diaryl/α,β-unsaturated/α-hetero) is 3. The van der Waals surface area contributed by atoms with Crippen LogP contribution in [0.15, 0.2) is 47.4 Å². The van der Waals surface area contributed by atoms with Gasteiger partial charge < -0.3 is 77.1 Å². The number of alkyl halides is 3. The van der Waals surface area contributed by atoms with Gasteiger partial charge in [-0.15, -0.1) is 5.10 Å². The highest BCUT2D eigenvalue weighted by atomic mass is 19.4. The minimum atomic E-state index is -5.10. The fourth-order valence-electron chi connectivity index (χ4n) is 13.6. The summed E-state index contributed by atoms with van der Waals surface area (Å²) in [6, 6.07) is 5.48. The number of esters is 1. The largest absolute Gasteiger partial charge is 0.509 e. The van der Waals surface area contributed by atoms with E-state index in [9.17, 15) is 66.2 Å². The summed E-state index contributed by atoms with van der Waals surface area (Å²) in [5.74, 6) is -6.22. The van der Waals surface area contributed by atoms with Gasteiger partial charge in [0.2, 0.25) is 11.5 Å². The number of phenolic OH excluding ortho intramolecular Hbond substituents is 1. The Kier molecular flexibility index (Phi) is 35.5. The average Bonchev–Trinajstić information content (AvgIpc) is 1.68. The van der Waals surface area contributed by atoms with Crippen LogP contribution in [0.3, 0.4) is 0 Å². The van der Waals surface area contributed by atoms with Gasteiger partial charge in [-0.25, -0.2) is 19.3 Å². The van der Waals surface area contributed by atoms with Gasteiger partial charge in [-0.05, 0) is 118 Å². The first-order chi connectivity index (χ1) is 53.0. The van der Waals surface area contributed by atoms with Crippen LogP contribution in [0, 0.1) is 29.6 Å². The summed E-state index contributed by atoms with van der Waals surface area (Å²) in [5, 5.41) is 23.9. The maximum Gasteiger partial charge on any atom is 0.509 e. The lowest BCUT2D eigenvalue weighted by Crippen LogP contribution is -2.48. The molecule has 3 unspecified atom stereocenters. The number of unbranched alkanes of at least 4 members (excludes halogenated alkanes) is 1. The van der Waals surface area contributed by atoms with Gasteiger partial charge in [0, 0.05) is 73.4 Å². The smallest absolute Gasteiger partial charge is 0.508 e. The third-order valence-corrected chi connectivity index (χ3v) is 19.8. The number of nitrogens with one attached hydrogen (secondary N) is 2. The molecule has 0 bridgehead atoms. The Morgan fingerprint density at radius 3 is 1.94 bits per heavy atom. The molecular formula is C77H104F3N7O23. The SMILES string of the molecule is CCc1c2c(nc3ccc(O)cc13)-c1cc3c(c(=O)n1C2)COC(=O)C3(CC)OC(=O)OCC(NC(=O)C(CCCCNC(=O)C(F)(F)F)CC(=O)COCC(=O)CCCOCCOCCOCCOCCOCCOCCOCCOCCn1cc(CCC(=O)C2CCC(CC3C(=O)C=CC3=O)CC2)nn1)C(C)C. The fraction of sp³-hybridized carbons (Fsp3) is 0.649. The maximum absolute atomic E-state index is 14.2. The lowest BCUT2D eigenvalue weighted by atomic mass is 9.75. The zero-order valence-electron chi connectivity index (χ0n) is 63.2. The summed E-state index contributed by atoms with van der Waals surface area (Å²) in [4.78, 5) is 135. The highest BCUT2D eigenvalue weighted by molar-refractivity contribution is 6.18. The minimum absolute atomic E-state index is 0.0113. The van der Waals surface area contributed by atoms with E-state index in [1.54, 1.807) is 49.0 Å². The van der Waals surface area contributed by atoms with Gasteiger partial charge in [-0.3, -0.25) is 38.4 Å². The number of halogens is 3. The van der Waals surface area contributed by atoms with Crippen molar-refractivity contribution in [1.82, 2.24) is 35.2 Å². The van der Waals surface area contributed by atoms with Crippen LogP contribution in [0.4, 0.5) is 18.0 Å². The second-order valence-electron chi connectivity index (χ2n) is 27.9. The first-order valence-corrected chi connectivity index (χ1v) is 38.0. The zero-order valence-corrected chi connectivity index (χ0v) is 63.2. The van der Waals surface area contributed by atoms with Crippen molar-refractivity contribution in [2.45, 2.75) is 162 Å². The van der Waals surface area contributed by atoms with E-state index in [1.807, 2.05) is 13.1 Å².